The molecule has 19 heavy (non-hydrogen) atoms. The first kappa shape index (κ1) is 13.6. The van der Waals surface area contributed by atoms with Crippen LogP contribution in [0.1, 0.15) is 5.82 Å². The quantitative estimate of drug-likeness (QED) is 0.330. The standard InChI is InChI=1S/C10H13N7S2/c1-2-3-17-8(15-16-10(17)18)5-19-9-13-6(11)4-7(12)14-9/h2,4H,1,3,5H2,(H,16,18)(H4,11,12,13,14). The van der Waals surface area contributed by atoms with Crippen molar-refractivity contribution < 1.29 is 0 Å². The maximum atomic E-state index is 5.61. The van der Waals surface area contributed by atoms with Gasteiger partial charge in [-0.1, -0.05) is 17.8 Å². The van der Waals surface area contributed by atoms with Crippen molar-refractivity contribution in [3.63, 3.8) is 0 Å². The third-order valence-electron chi connectivity index (χ3n) is 2.22. The van der Waals surface area contributed by atoms with Crippen LogP contribution < -0.4 is 11.5 Å². The SMILES string of the molecule is C=CCn1c(CSc2nc(N)cc(N)n2)n[nH]c1=S. The van der Waals surface area contributed by atoms with Gasteiger partial charge in [0.2, 0.25) is 0 Å². The lowest BCUT2D eigenvalue weighted by Gasteiger charge is -2.04. The van der Waals surface area contributed by atoms with E-state index in [-0.39, 0.29) is 0 Å². The molecule has 0 aliphatic heterocycles. The summed E-state index contributed by atoms with van der Waals surface area (Å²) in [5, 5.41) is 7.41. The van der Waals surface area contributed by atoms with Crippen molar-refractivity contribution in [2.75, 3.05) is 11.5 Å². The Morgan fingerprint density at radius 2 is 2.11 bits per heavy atom. The summed E-state index contributed by atoms with van der Waals surface area (Å²) in [7, 11) is 0. The Balaban J connectivity index is 2.14. The molecule has 0 spiro atoms. The van der Waals surface area contributed by atoms with Gasteiger partial charge in [-0.3, -0.25) is 9.67 Å². The summed E-state index contributed by atoms with van der Waals surface area (Å²) in [6.07, 6.45) is 1.76. The Labute approximate surface area is 119 Å². The monoisotopic (exact) mass is 295 g/mol. The fraction of sp³-hybridized carbons (Fsp3) is 0.200. The van der Waals surface area contributed by atoms with Crippen molar-refractivity contribution in [1.82, 2.24) is 24.7 Å². The summed E-state index contributed by atoms with van der Waals surface area (Å²) in [5.74, 6) is 2.04. The molecule has 7 nitrogen and oxygen atoms in total. The predicted octanol–water partition coefficient (Wildman–Crippen LogP) is 1.37. The summed E-state index contributed by atoms with van der Waals surface area (Å²) in [4.78, 5) is 8.18. The molecule has 0 aliphatic rings. The lowest BCUT2D eigenvalue weighted by molar-refractivity contribution is 0.765. The molecular weight excluding hydrogens is 282 g/mol. The maximum Gasteiger partial charge on any atom is 0.195 e. The van der Waals surface area contributed by atoms with E-state index in [2.05, 4.69) is 26.7 Å². The lowest BCUT2D eigenvalue weighted by Crippen LogP contribution is -2.03. The van der Waals surface area contributed by atoms with Crippen LogP contribution >= 0.6 is 24.0 Å². The zero-order valence-electron chi connectivity index (χ0n) is 10.0. The van der Waals surface area contributed by atoms with Gasteiger partial charge in [0.25, 0.3) is 0 Å². The topological polar surface area (TPSA) is 111 Å². The zero-order valence-corrected chi connectivity index (χ0v) is 11.7. The number of hydrogen-bond acceptors (Lipinski definition) is 7. The number of aromatic amines is 1. The Bertz CT molecular complexity index is 625. The normalized spacial score (nSPS) is 10.5. The minimum absolute atomic E-state index is 0.347. The van der Waals surface area contributed by atoms with Crippen molar-refractivity contribution >= 4 is 35.6 Å². The van der Waals surface area contributed by atoms with Gasteiger partial charge in [-0.15, -0.1) is 6.58 Å². The number of anilines is 2. The van der Waals surface area contributed by atoms with E-state index in [1.165, 1.54) is 17.8 Å². The van der Waals surface area contributed by atoms with Gasteiger partial charge in [0, 0.05) is 12.6 Å². The molecule has 2 rings (SSSR count). The van der Waals surface area contributed by atoms with Crippen LogP contribution in [0.15, 0.2) is 23.9 Å². The number of nitrogens with two attached hydrogens (primary N) is 2. The van der Waals surface area contributed by atoms with Crippen molar-refractivity contribution in [2.45, 2.75) is 17.5 Å². The Hall–Kier alpha value is -1.87. The van der Waals surface area contributed by atoms with Crippen LogP contribution in [0, 0.1) is 4.77 Å². The van der Waals surface area contributed by atoms with Gasteiger partial charge in [0.15, 0.2) is 9.93 Å². The van der Waals surface area contributed by atoms with Crippen LogP contribution in [-0.4, -0.2) is 24.7 Å². The van der Waals surface area contributed by atoms with E-state index < -0.39 is 0 Å². The third kappa shape index (κ3) is 3.32. The van der Waals surface area contributed by atoms with Gasteiger partial charge in [-0.2, -0.15) is 5.10 Å². The van der Waals surface area contributed by atoms with E-state index >= 15 is 0 Å². The van der Waals surface area contributed by atoms with E-state index in [1.807, 2.05) is 4.57 Å². The highest BCUT2D eigenvalue weighted by molar-refractivity contribution is 7.98. The Morgan fingerprint density at radius 3 is 2.74 bits per heavy atom. The highest BCUT2D eigenvalue weighted by Crippen LogP contribution is 2.20. The molecular formula is C10H13N7S2. The summed E-state index contributed by atoms with van der Waals surface area (Å²) in [6, 6.07) is 1.51. The fourth-order valence-electron chi connectivity index (χ4n) is 1.43. The van der Waals surface area contributed by atoms with Gasteiger partial charge < -0.3 is 11.5 Å². The van der Waals surface area contributed by atoms with Gasteiger partial charge >= 0.3 is 0 Å². The highest BCUT2D eigenvalue weighted by atomic mass is 32.2. The third-order valence-corrected chi connectivity index (χ3v) is 3.38. The Kier molecular flexibility index (Phi) is 4.17. The smallest absolute Gasteiger partial charge is 0.195 e. The molecule has 2 heterocycles. The Morgan fingerprint density at radius 1 is 1.42 bits per heavy atom. The molecule has 0 saturated heterocycles. The second kappa shape index (κ2) is 5.85. The van der Waals surface area contributed by atoms with Crippen LogP contribution in [0.5, 0.6) is 0 Å². The van der Waals surface area contributed by atoms with E-state index in [4.69, 9.17) is 23.7 Å². The van der Waals surface area contributed by atoms with Crippen molar-refractivity contribution in [3.8, 4) is 0 Å². The van der Waals surface area contributed by atoms with E-state index in [0.29, 0.717) is 33.9 Å². The number of rotatable bonds is 5. The molecule has 100 valence electrons. The van der Waals surface area contributed by atoms with Gasteiger partial charge in [-0.25, -0.2) is 9.97 Å². The van der Waals surface area contributed by atoms with Crippen LogP contribution in [0.3, 0.4) is 0 Å². The predicted molar refractivity (Wildman–Crippen MR) is 78.0 cm³/mol. The number of allylic oxidation sites excluding steroid dienone is 1. The van der Waals surface area contributed by atoms with Crippen LogP contribution in [0.4, 0.5) is 11.6 Å². The molecule has 0 amide bonds. The van der Waals surface area contributed by atoms with E-state index in [9.17, 15) is 0 Å². The van der Waals surface area contributed by atoms with E-state index in [0.717, 1.165) is 5.82 Å². The summed E-state index contributed by atoms with van der Waals surface area (Å²) in [5.41, 5.74) is 11.2. The van der Waals surface area contributed by atoms with Crippen LogP contribution in [0.25, 0.3) is 0 Å². The number of nitrogens with zero attached hydrogens (tertiary/aromatic N) is 4. The molecule has 0 fully saturated rings. The lowest BCUT2D eigenvalue weighted by atomic mass is 10.5. The van der Waals surface area contributed by atoms with Gasteiger partial charge in [0.05, 0.1) is 5.75 Å². The first-order chi connectivity index (χ1) is 9.10. The molecule has 0 bridgehead atoms. The van der Waals surface area contributed by atoms with Gasteiger partial charge in [-0.05, 0) is 12.2 Å². The largest absolute Gasteiger partial charge is 0.383 e. The average molecular weight is 295 g/mol. The first-order valence-electron chi connectivity index (χ1n) is 5.38. The minimum atomic E-state index is 0.347. The van der Waals surface area contributed by atoms with E-state index in [1.54, 1.807) is 6.08 Å². The zero-order chi connectivity index (χ0) is 13.8. The number of H-pyrrole nitrogens is 1. The molecule has 2 aromatic rings. The molecule has 0 radical (unpaired) electrons. The number of hydrogen-bond donors (Lipinski definition) is 3. The number of nitrogens with one attached hydrogen (secondary N) is 1. The average Bonchev–Trinajstić information content (AvgIpc) is 2.68. The molecule has 0 saturated carbocycles. The maximum absolute atomic E-state index is 5.61. The molecule has 2 aromatic heterocycles. The minimum Gasteiger partial charge on any atom is -0.383 e. The number of nitrogen functional groups attached to an aromatic ring is 2. The second-order valence-electron chi connectivity index (χ2n) is 3.63. The molecule has 5 N–H and O–H groups in total. The number of aromatic nitrogens is 5. The van der Waals surface area contributed by atoms with Gasteiger partial charge in [0.1, 0.15) is 17.5 Å². The van der Waals surface area contributed by atoms with Crippen molar-refractivity contribution in [1.29, 1.82) is 0 Å². The molecule has 0 atom stereocenters. The fourth-order valence-corrected chi connectivity index (χ4v) is 2.48. The molecule has 0 aromatic carbocycles. The summed E-state index contributed by atoms with van der Waals surface area (Å²) < 4.78 is 2.41. The summed E-state index contributed by atoms with van der Waals surface area (Å²) >= 11 is 6.52. The van der Waals surface area contributed by atoms with Crippen molar-refractivity contribution in [2.24, 2.45) is 0 Å². The molecule has 0 aliphatic carbocycles. The summed E-state index contributed by atoms with van der Waals surface area (Å²) in [6.45, 7) is 4.29. The first-order valence-corrected chi connectivity index (χ1v) is 6.77. The van der Waals surface area contributed by atoms with Crippen molar-refractivity contribution in [3.05, 3.63) is 29.3 Å². The van der Waals surface area contributed by atoms with Crippen LogP contribution in [-0.2, 0) is 12.3 Å². The van der Waals surface area contributed by atoms with Crippen LogP contribution in [0.2, 0.25) is 0 Å². The second-order valence-corrected chi connectivity index (χ2v) is 4.96. The molecule has 0 unspecified atom stereocenters. The molecule has 9 heteroatoms. The highest BCUT2D eigenvalue weighted by Gasteiger charge is 2.08. The number of thioether (sulfide) groups is 1.